The first kappa shape index (κ1) is 23.1. The Balaban J connectivity index is 0.000000210. The van der Waals surface area contributed by atoms with Crippen LogP contribution in [0.5, 0.6) is 0 Å². The minimum Gasteiger partial charge on any atom is -0.744 e. The lowest BCUT2D eigenvalue weighted by Gasteiger charge is -2.26. The monoisotopic (exact) mass is 447 g/mol. The summed E-state index contributed by atoms with van der Waals surface area (Å²) in [4.78, 5) is 8.31. The van der Waals surface area contributed by atoms with E-state index in [4.69, 9.17) is 5.73 Å². The molecule has 168 valence electrons. The Labute approximate surface area is 182 Å². The van der Waals surface area contributed by atoms with E-state index < -0.39 is 16.2 Å². The Morgan fingerprint density at radius 3 is 2.58 bits per heavy atom. The number of aliphatic hydroxyl groups is 1. The molecule has 1 aliphatic heterocycles. The number of nitrogens with two attached hydrogens (primary N) is 1. The molecule has 0 saturated heterocycles. The maximum absolute atomic E-state index is 10.4. The van der Waals surface area contributed by atoms with Gasteiger partial charge in [0.15, 0.2) is 11.8 Å². The number of imidazole rings is 1. The van der Waals surface area contributed by atoms with Crippen LogP contribution in [0.4, 0.5) is 5.82 Å². The van der Waals surface area contributed by atoms with Crippen LogP contribution in [-0.4, -0.2) is 38.7 Å². The van der Waals surface area contributed by atoms with Crippen molar-refractivity contribution in [2.75, 3.05) is 5.73 Å². The molecule has 0 spiro atoms. The maximum Gasteiger partial charge on any atom is 0.261 e. The summed E-state index contributed by atoms with van der Waals surface area (Å²) in [5, 5.41) is 10.4. The van der Waals surface area contributed by atoms with Crippen molar-refractivity contribution in [1.82, 2.24) is 14.5 Å². The number of nitrogen functional groups attached to an aromatic ring is 1. The molecule has 3 heterocycles. The van der Waals surface area contributed by atoms with Crippen molar-refractivity contribution >= 4 is 27.1 Å². The van der Waals surface area contributed by atoms with Gasteiger partial charge in [0, 0.05) is 0 Å². The maximum atomic E-state index is 10.4. The van der Waals surface area contributed by atoms with Gasteiger partial charge in [-0.25, -0.2) is 22.5 Å². The van der Waals surface area contributed by atoms with E-state index in [1.807, 2.05) is 11.5 Å². The predicted molar refractivity (Wildman–Crippen MR) is 115 cm³/mol. The summed E-state index contributed by atoms with van der Waals surface area (Å²) in [5.74, 6) is 0.455. The topological polar surface area (TPSA) is 138 Å². The van der Waals surface area contributed by atoms with E-state index in [2.05, 4.69) is 21.5 Å². The summed E-state index contributed by atoms with van der Waals surface area (Å²) in [6.07, 6.45) is 8.89. The molecule has 0 aliphatic carbocycles. The summed E-state index contributed by atoms with van der Waals surface area (Å²) >= 11 is 0. The van der Waals surface area contributed by atoms with E-state index >= 15 is 0 Å². The first-order valence-electron chi connectivity index (χ1n) is 10.4. The van der Waals surface area contributed by atoms with E-state index in [0.29, 0.717) is 12.4 Å². The van der Waals surface area contributed by atoms with Crippen molar-refractivity contribution in [3.63, 3.8) is 0 Å². The fourth-order valence-corrected chi connectivity index (χ4v) is 4.24. The lowest BCUT2D eigenvalue weighted by atomic mass is 10.0. The molecular weight excluding hydrogens is 418 g/mol. The number of aliphatic hydroxyl groups excluding tert-OH is 1. The predicted octanol–water partition coefficient (Wildman–Crippen LogP) is 2.09. The molecule has 9 nitrogen and oxygen atoms in total. The molecule has 0 saturated carbocycles. The molecule has 0 amide bonds. The highest BCUT2D eigenvalue weighted by molar-refractivity contribution is 7.85. The molecule has 0 fully saturated rings. The average molecular weight is 448 g/mol. The summed E-state index contributed by atoms with van der Waals surface area (Å²) in [6, 6.07) is 5.88. The molecule has 2 aromatic heterocycles. The van der Waals surface area contributed by atoms with Crippen molar-refractivity contribution in [3.8, 4) is 0 Å². The normalized spacial score (nSPS) is 17.9. The molecule has 31 heavy (non-hydrogen) atoms. The number of anilines is 1. The van der Waals surface area contributed by atoms with Gasteiger partial charge in [0.2, 0.25) is 12.1 Å². The number of hydrogen-bond donors (Lipinski definition) is 2. The Bertz CT molecular complexity index is 1130. The van der Waals surface area contributed by atoms with Gasteiger partial charge in [0.25, 0.3) is 5.65 Å². The van der Waals surface area contributed by atoms with Gasteiger partial charge in [-0.05, 0) is 31.9 Å². The SMILES string of the molecule is CCCCCC[C@@H]1[C@@H](O)C[n+]2cnc(N)c3ncn1c32.Cc1ccc(S(=O)(=O)[O-])cc1. The molecule has 0 bridgehead atoms. The van der Waals surface area contributed by atoms with Crippen LogP contribution in [0.1, 0.15) is 50.6 Å². The van der Waals surface area contributed by atoms with Gasteiger partial charge in [-0.2, -0.15) is 0 Å². The van der Waals surface area contributed by atoms with Gasteiger partial charge >= 0.3 is 0 Å². The third kappa shape index (κ3) is 5.38. The molecule has 3 aromatic rings. The van der Waals surface area contributed by atoms with Crippen molar-refractivity contribution in [3.05, 3.63) is 42.5 Å². The van der Waals surface area contributed by atoms with E-state index in [1.54, 1.807) is 24.8 Å². The Kier molecular flexibility index (Phi) is 7.24. The number of aryl methyl sites for hydroxylation is 1. The molecule has 1 aromatic carbocycles. The zero-order chi connectivity index (χ0) is 22.6. The van der Waals surface area contributed by atoms with Crippen LogP contribution < -0.4 is 10.3 Å². The fraction of sp³-hybridized carbons (Fsp3) is 0.476. The zero-order valence-corrected chi connectivity index (χ0v) is 18.6. The number of unbranched alkanes of at least 4 members (excludes halogenated alkanes) is 3. The molecule has 3 N–H and O–H groups in total. The number of hydrogen-bond acceptors (Lipinski definition) is 7. The molecule has 2 atom stereocenters. The highest BCUT2D eigenvalue weighted by atomic mass is 32.2. The van der Waals surface area contributed by atoms with Crippen molar-refractivity contribution in [2.24, 2.45) is 0 Å². The van der Waals surface area contributed by atoms with E-state index in [1.165, 1.54) is 31.4 Å². The standard InChI is InChI=1S/C14H21N5O.C7H8O3S/c1-2-3-4-5-6-10-11(20)7-18-8-17-13(15)12-14(18)19(10)9-16-12;1-6-2-4-7(5-3-6)11(8,9)10/h8-11,15,20H,2-7H2,1H3;2-5H,1H3,(H,8,9,10)/t10-,11+;/m1./s1. The van der Waals surface area contributed by atoms with Gasteiger partial charge in [0.05, 0.1) is 4.90 Å². The van der Waals surface area contributed by atoms with Crippen LogP contribution in [0.3, 0.4) is 0 Å². The van der Waals surface area contributed by atoms with Crippen LogP contribution in [0, 0.1) is 6.92 Å². The van der Waals surface area contributed by atoms with Crippen LogP contribution in [0.2, 0.25) is 0 Å². The summed E-state index contributed by atoms with van der Waals surface area (Å²) in [6.45, 7) is 4.59. The van der Waals surface area contributed by atoms with E-state index in [-0.39, 0.29) is 10.9 Å². The van der Waals surface area contributed by atoms with E-state index in [9.17, 15) is 18.1 Å². The third-order valence-corrected chi connectivity index (χ3v) is 6.32. The number of aromatic nitrogens is 4. The number of benzene rings is 1. The summed E-state index contributed by atoms with van der Waals surface area (Å²) in [7, 11) is -4.27. The van der Waals surface area contributed by atoms with Crippen LogP contribution >= 0.6 is 0 Å². The molecule has 10 heteroatoms. The fourth-order valence-electron chi connectivity index (χ4n) is 3.77. The molecular formula is C21H29N5O4S. The molecule has 1 aliphatic rings. The highest BCUT2D eigenvalue weighted by Crippen LogP contribution is 2.28. The van der Waals surface area contributed by atoms with Gasteiger partial charge < -0.3 is 15.4 Å². The van der Waals surface area contributed by atoms with Crippen molar-refractivity contribution < 1.29 is 22.6 Å². The van der Waals surface area contributed by atoms with E-state index in [0.717, 1.165) is 29.6 Å². The van der Waals surface area contributed by atoms with Gasteiger partial charge in [-0.15, -0.1) is 0 Å². The summed E-state index contributed by atoms with van der Waals surface area (Å²) in [5.41, 5.74) is 8.51. The second kappa shape index (κ2) is 9.71. The molecule has 0 radical (unpaired) electrons. The minimum absolute atomic E-state index is 0.0960. The lowest BCUT2D eigenvalue weighted by Crippen LogP contribution is -2.49. The highest BCUT2D eigenvalue weighted by Gasteiger charge is 2.34. The minimum atomic E-state index is -4.27. The second-order valence-corrected chi connectivity index (χ2v) is 9.24. The van der Waals surface area contributed by atoms with Crippen LogP contribution in [-0.2, 0) is 16.7 Å². The van der Waals surface area contributed by atoms with Crippen LogP contribution in [0.15, 0.2) is 41.8 Å². The smallest absolute Gasteiger partial charge is 0.261 e. The average Bonchev–Trinajstić information content (AvgIpc) is 3.16. The molecule has 0 unspecified atom stereocenters. The van der Waals surface area contributed by atoms with Crippen molar-refractivity contribution in [2.45, 2.75) is 69.5 Å². The lowest BCUT2D eigenvalue weighted by molar-refractivity contribution is -0.690. The largest absolute Gasteiger partial charge is 0.744 e. The van der Waals surface area contributed by atoms with Gasteiger partial charge in [-0.3, -0.25) is 0 Å². The molecule has 4 rings (SSSR count). The van der Waals surface area contributed by atoms with Crippen molar-refractivity contribution in [1.29, 1.82) is 0 Å². The summed E-state index contributed by atoms with van der Waals surface area (Å²) < 4.78 is 35.2. The number of nitrogens with zero attached hydrogens (tertiary/aromatic N) is 4. The van der Waals surface area contributed by atoms with Gasteiger partial charge in [0.1, 0.15) is 28.8 Å². The quantitative estimate of drug-likeness (QED) is 0.335. The Morgan fingerprint density at radius 1 is 1.23 bits per heavy atom. The second-order valence-electron chi connectivity index (χ2n) is 7.86. The number of rotatable bonds is 6. The van der Waals surface area contributed by atoms with Gasteiger partial charge in [-0.1, -0.05) is 48.9 Å². The van der Waals surface area contributed by atoms with Crippen LogP contribution in [0.25, 0.3) is 11.2 Å². The Morgan fingerprint density at radius 2 is 1.94 bits per heavy atom. The first-order chi connectivity index (χ1) is 14.7. The third-order valence-electron chi connectivity index (χ3n) is 5.47. The Hall–Kier alpha value is -2.56. The first-order valence-corrected chi connectivity index (χ1v) is 11.8. The zero-order valence-electron chi connectivity index (χ0n) is 17.8.